The van der Waals surface area contributed by atoms with Crippen LogP contribution < -0.4 is 9.64 Å². The summed E-state index contributed by atoms with van der Waals surface area (Å²) in [5, 5.41) is 0.510. The van der Waals surface area contributed by atoms with Crippen molar-refractivity contribution in [1.82, 2.24) is 9.88 Å². The third kappa shape index (κ3) is 6.15. The van der Waals surface area contributed by atoms with Crippen molar-refractivity contribution >= 4 is 30.6 Å². The lowest BCUT2D eigenvalue weighted by atomic mass is 10.1. The lowest BCUT2D eigenvalue weighted by molar-refractivity contribution is 0.0227. The van der Waals surface area contributed by atoms with Crippen LogP contribution in [0.5, 0.6) is 5.75 Å². The third-order valence-corrected chi connectivity index (χ3v) is 7.06. The van der Waals surface area contributed by atoms with E-state index in [2.05, 4.69) is 41.5 Å². The number of carbonyl (C=O) groups excluding carboxylic acids is 1. The van der Waals surface area contributed by atoms with E-state index in [9.17, 15) is 9.18 Å². The number of rotatable bonds is 8. The summed E-state index contributed by atoms with van der Waals surface area (Å²) in [5.74, 6) is -0.591. The third-order valence-electron chi connectivity index (χ3n) is 5.35. The molecule has 0 spiro atoms. The van der Waals surface area contributed by atoms with Crippen LogP contribution in [0.15, 0.2) is 18.2 Å². The summed E-state index contributed by atoms with van der Waals surface area (Å²) in [6.45, 7) is 10.7. The van der Waals surface area contributed by atoms with Gasteiger partial charge in [-0.2, -0.15) is 0 Å². The standard InChI is InChI=1S/C22H32FN3O4Si/c1-25-6-8-26(9-7-25)19-13-16(23)12-17-20(30-15-29-10-11-31(3,4)5)14-18(22(27)28-2)24-21(17)19/h12-14H,6-11,15H2,1-5H3. The molecule has 1 fully saturated rings. The fraction of sp³-hybridized carbons (Fsp3) is 0.545. The van der Waals surface area contributed by atoms with Crippen LogP contribution in [0.3, 0.4) is 0 Å². The molecule has 1 aromatic heterocycles. The number of halogens is 1. The van der Waals surface area contributed by atoms with E-state index in [4.69, 9.17) is 14.2 Å². The molecule has 1 aliphatic heterocycles. The Balaban J connectivity index is 1.93. The quantitative estimate of drug-likeness (QED) is 0.264. The average molecular weight is 450 g/mol. The first-order chi connectivity index (χ1) is 14.7. The molecular weight excluding hydrogens is 417 g/mol. The first-order valence-corrected chi connectivity index (χ1v) is 14.3. The molecule has 0 radical (unpaired) electrons. The molecule has 1 saturated heterocycles. The summed E-state index contributed by atoms with van der Waals surface area (Å²) in [5.41, 5.74) is 1.29. The van der Waals surface area contributed by atoms with Gasteiger partial charge in [-0.1, -0.05) is 19.6 Å². The lowest BCUT2D eigenvalue weighted by Gasteiger charge is -2.34. The number of pyridine rings is 1. The van der Waals surface area contributed by atoms with Crippen molar-refractivity contribution in [3.05, 3.63) is 29.7 Å². The molecule has 0 bridgehead atoms. The van der Waals surface area contributed by atoms with E-state index in [1.54, 1.807) is 0 Å². The van der Waals surface area contributed by atoms with Crippen molar-refractivity contribution in [2.75, 3.05) is 58.6 Å². The Kier molecular flexibility index (Phi) is 7.50. The number of methoxy groups -OCH3 is 1. The van der Waals surface area contributed by atoms with Crippen molar-refractivity contribution in [3.63, 3.8) is 0 Å². The fourth-order valence-electron chi connectivity index (χ4n) is 3.40. The number of hydrogen-bond donors (Lipinski definition) is 0. The highest BCUT2D eigenvalue weighted by Crippen LogP contribution is 2.34. The summed E-state index contributed by atoms with van der Waals surface area (Å²) in [7, 11) is 2.16. The number of likely N-dealkylation sites (N-methyl/N-ethyl adjacent to an activating group) is 1. The normalized spacial score (nSPS) is 15.4. The number of nitrogens with zero attached hydrogens (tertiary/aromatic N) is 3. The predicted molar refractivity (Wildman–Crippen MR) is 122 cm³/mol. The van der Waals surface area contributed by atoms with Crippen LogP contribution in [0, 0.1) is 5.82 Å². The highest BCUT2D eigenvalue weighted by molar-refractivity contribution is 6.76. The Hall–Kier alpha value is -2.23. The molecule has 0 unspecified atom stereocenters. The smallest absolute Gasteiger partial charge is 0.356 e. The van der Waals surface area contributed by atoms with Crippen molar-refractivity contribution in [2.45, 2.75) is 25.7 Å². The van der Waals surface area contributed by atoms with E-state index in [-0.39, 0.29) is 18.3 Å². The lowest BCUT2D eigenvalue weighted by Crippen LogP contribution is -2.44. The van der Waals surface area contributed by atoms with E-state index in [0.29, 0.717) is 28.9 Å². The highest BCUT2D eigenvalue weighted by atomic mass is 28.3. The Morgan fingerprint density at radius 3 is 2.52 bits per heavy atom. The molecular formula is C22H32FN3O4Si. The molecule has 2 aromatic rings. The molecule has 1 aliphatic rings. The van der Waals surface area contributed by atoms with Gasteiger partial charge in [-0.3, -0.25) is 0 Å². The van der Waals surface area contributed by atoms with E-state index in [0.717, 1.165) is 32.2 Å². The van der Waals surface area contributed by atoms with Gasteiger partial charge in [0.25, 0.3) is 0 Å². The Morgan fingerprint density at radius 1 is 1.16 bits per heavy atom. The first-order valence-electron chi connectivity index (χ1n) is 10.5. The number of aromatic nitrogens is 1. The van der Waals surface area contributed by atoms with E-state index >= 15 is 0 Å². The maximum atomic E-state index is 14.6. The summed E-state index contributed by atoms with van der Waals surface area (Å²) in [4.78, 5) is 21.0. The maximum Gasteiger partial charge on any atom is 0.356 e. The van der Waals surface area contributed by atoms with Crippen LogP contribution in [0.25, 0.3) is 10.9 Å². The van der Waals surface area contributed by atoms with Gasteiger partial charge < -0.3 is 24.0 Å². The van der Waals surface area contributed by atoms with Crippen LogP contribution >= 0.6 is 0 Å². The molecule has 31 heavy (non-hydrogen) atoms. The number of carbonyl (C=O) groups is 1. The highest BCUT2D eigenvalue weighted by Gasteiger charge is 2.22. The summed E-state index contributed by atoms with van der Waals surface area (Å²) in [6, 6.07) is 5.36. The minimum atomic E-state index is -1.21. The van der Waals surface area contributed by atoms with E-state index < -0.39 is 14.0 Å². The molecule has 9 heteroatoms. The molecule has 0 saturated carbocycles. The van der Waals surface area contributed by atoms with Crippen LogP contribution in [0.4, 0.5) is 10.1 Å². The van der Waals surface area contributed by atoms with Crippen LogP contribution in [0.1, 0.15) is 10.5 Å². The molecule has 3 rings (SSSR count). The number of anilines is 1. The molecule has 2 heterocycles. The van der Waals surface area contributed by atoms with Gasteiger partial charge in [-0.25, -0.2) is 14.2 Å². The van der Waals surface area contributed by atoms with Gasteiger partial charge in [0.2, 0.25) is 0 Å². The van der Waals surface area contributed by atoms with Gasteiger partial charge in [0.05, 0.1) is 18.3 Å². The Morgan fingerprint density at radius 2 is 1.87 bits per heavy atom. The number of benzene rings is 1. The van der Waals surface area contributed by atoms with Gasteiger partial charge in [-0.15, -0.1) is 0 Å². The minimum absolute atomic E-state index is 0.0184. The predicted octanol–water partition coefficient (Wildman–Crippen LogP) is 3.60. The second-order valence-electron chi connectivity index (χ2n) is 9.09. The van der Waals surface area contributed by atoms with E-state index in [1.165, 1.54) is 25.3 Å². The topological polar surface area (TPSA) is 64.1 Å². The number of ether oxygens (including phenoxy) is 3. The summed E-state index contributed by atoms with van der Waals surface area (Å²) >= 11 is 0. The van der Waals surface area contributed by atoms with Gasteiger partial charge >= 0.3 is 5.97 Å². The van der Waals surface area contributed by atoms with Crippen molar-refractivity contribution in [3.8, 4) is 5.75 Å². The minimum Gasteiger partial charge on any atom is -0.467 e. The van der Waals surface area contributed by atoms with Gasteiger partial charge in [0.15, 0.2) is 12.5 Å². The summed E-state index contributed by atoms with van der Waals surface area (Å²) < 4.78 is 30.9. The van der Waals surface area contributed by atoms with Crippen molar-refractivity contribution in [1.29, 1.82) is 0 Å². The monoisotopic (exact) mass is 449 g/mol. The SMILES string of the molecule is COC(=O)c1cc(OCOCC[Si](C)(C)C)c2cc(F)cc(N3CCN(C)CC3)c2n1. The van der Waals surface area contributed by atoms with Crippen LogP contribution in [0.2, 0.25) is 25.7 Å². The van der Waals surface area contributed by atoms with Crippen molar-refractivity contribution in [2.24, 2.45) is 0 Å². The number of hydrogen-bond acceptors (Lipinski definition) is 7. The second-order valence-corrected chi connectivity index (χ2v) is 14.7. The zero-order chi connectivity index (χ0) is 22.6. The molecule has 0 aliphatic carbocycles. The van der Waals surface area contributed by atoms with Gasteiger partial charge in [-0.05, 0) is 25.2 Å². The maximum absolute atomic E-state index is 14.6. The molecule has 0 N–H and O–H groups in total. The number of fused-ring (bicyclic) bond motifs is 1. The largest absolute Gasteiger partial charge is 0.467 e. The summed E-state index contributed by atoms with van der Waals surface area (Å²) in [6.07, 6.45) is 0. The number of esters is 1. The first kappa shape index (κ1) is 23.4. The zero-order valence-corrected chi connectivity index (χ0v) is 20.0. The molecule has 170 valence electrons. The molecule has 0 atom stereocenters. The van der Waals surface area contributed by atoms with Crippen LogP contribution in [-0.2, 0) is 9.47 Å². The number of piperazine rings is 1. The van der Waals surface area contributed by atoms with Crippen LogP contribution in [-0.4, -0.2) is 77.7 Å². The van der Waals surface area contributed by atoms with Crippen molar-refractivity contribution < 1.29 is 23.4 Å². The average Bonchev–Trinajstić information content (AvgIpc) is 2.72. The Bertz CT molecular complexity index is 927. The molecule has 1 aromatic carbocycles. The fourth-order valence-corrected chi connectivity index (χ4v) is 4.16. The van der Waals surface area contributed by atoms with E-state index in [1.807, 2.05) is 0 Å². The zero-order valence-electron chi connectivity index (χ0n) is 19.0. The second kappa shape index (κ2) is 9.93. The Labute approximate surface area is 184 Å². The van der Waals surface area contributed by atoms with Gasteiger partial charge in [0, 0.05) is 52.3 Å². The van der Waals surface area contributed by atoms with Gasteiger partial charge in [0.1, 0.15) is 11.6 Å². The molecule has 0 amide bonds. The molecule has 7 nitrogen and oxygen atoms in total.